The van der Waals surface area contributed by atoms with E-state index in [1.807, 2.05) is 95.2 Å². The van der Waals surface area contributed by atoms with Gasteiger partial charge in [-0.3, -0.25) is 10.0 Å². The Morgan fingerprint density at radius 1 is 0.468 bits per heavy atom. The summed E-state index contributed by atoms with van der Waals surface area (Å²) in [6.07, 6.45) is 6.71. The number of rotatable bonds is 18. The molecule has 62 heavy (non-hydrogen) atoms. The standard InChI is InChI=1S/C29H27N3O.C25H25N3O/c1-2-33-23-22-31(26-12-6-3-7-13-26)30-24-25-18-20-29(21-19-25)32(27-14-8-4-9-15-27)28-16-10-5-11-17-28;1-3-27-24-13-9-8-12-22(24)23-18-20(14-15-25(23)27)19-26-28(16-17-29-4-2)21-10-6-5-7-11-21/h2-21,24H,1,22-23H2;4-15,18-19H,2-3,16-17H2,1H3/b30-24+;26-19+. The van der Waals surface area contributed by atoms with Crippen LogP contribution in [0.5, 0.6) is 0 Å². The van der Waals surface area contributed by atoms with Gasteiger partial charge in [-0.05, 0) is 96.9 Å². The van der Waals surface area contributed by atoms with Crippen molar-refractivity contribution in [3.63, 3.8) is 0 Å². The maximum Gasteiger partial charge on any atom is 0.107 e. The fourth-order valence-electron chi connectivity index (χ4n) is 7.23. The third-order valence-corrected chi connectivity index (χ3v) is 10.2. The van der Waals surface area contributed by atoms with E-state index in [0.717, 1.165) is 46.1 Å². The molecule has 0 N–H and O–H groups in total. The number of nitrogens with zero attached hydrogens (tertiary/aromatic N) is 6. The van der Waals surface area contributed by atoms with Gasteiger partial charge in [0.2, 0.25) is 0 Å². The second-order valence-corrected chi connectivity index (χ2v) is 14.1. The first-order valence-electron chi connectivity index (χ1n) is 20.9. The quantitative estimate of drug-likeness (QED) is 0.0374. The molecule has 8 aromatic rings. The Kier molecular flexibility index (Phi) is 15.0. The van der Waals surface area contributed by atoms with Crippen molar-refractivity contribution in [3.05, 3.63) is 225 Å². The molecule has 1 heterocycles. The van der Waals surface area contributed by atoms with Gasteiger partial charge in [0.1, 0.15) is 13.2 Å². The summed E-state index contributed by atoms with van der Waals surface area (Å²) in [6.45, 7) is 12.7. The van der Waals surface area contributed by atoms with Gasteiger partial charge in [0.15, 0.2) is 0 Å². The van der Waals surface area contributed by atoms with E-state index in [-0.39, 0.29) is 0 Å². The molecular formula is C54H52N6O2. The van der Waals surface area contributed by atoms with Crippen molar-refractivity contribution in [2.45, 2.75) is 13.5 Å². The van der Waals surface area contributed by atoms with Crippen LogP contribution < -0.4 is 14.9 Å². The van der Waals surface area contributed by atoms with Crippen molar-refractivity contribution in [2.24, 2.45) is 10.2 Å². The average molecular weight is 817 g/mol. The molecule has 0 bridgehead atoms. The number of hydrogen-bond donors (Lipinski definition) is 0. The van der Waals surface area contributed by atoms with E-state index in [1.165, 1.54) is 34.3 Å². The van der Waals surface area contributed by atoms with Gasteiger partial charge in [-0.25, -0.2) is 0 Å². The van der Waals surface area contributed by atoms with Crippen molar-refractivity contribution in [2.75, 3.05) is 41.2 Å². The zero-order chi connectivity index (χ0) is 42.8. The summed E-state index contributed by atoms with van der Waals surface area (Å²) in [5, 5.41) is 15.9. The number of para-hydroxylation sites is 5. The summed E-state index contributed by atoms with van der Waals surface area (Å²) in [5.41, 5.74) is 9.97. The molecule has 7 aromatic carbocycles. The summed E-state index contributed by atoms with van der Waals surface area (Å²) in [5.74, 6) is 0. The molecule has 0 atom stereocenters. The number of anilines is 5. The van der Waals surface area contributed by atoms with E-state index < -0.39 is 0 Å². The summed E-state index contributed by atoms with van der Waals surface area (Å²) < 4.78 is 13.0. The molecule has 0 saturated heterocycles. The van der Waals surface area contributed by atoms with Crippen LogP contribution in [0.3, 0.4) is 0 Å². The minimum atomic E-state index is 0.512. The Morgan fingerprint density at radius 3 is 1.39 bits per heavy atom. The lowest BCUT2D eigenvalue weighted by Gasteiger charge is -2.25. The lowest BCUT2D eigenvalue weighted by atomic mass is 10.1. The van der Waals surface area contributed by atoms with E-state index in [4.69, 9.17) is 19.7 Å². The van der Waals surface area contributed by atoms with Gasteiger partial charge in [-0.15, -0.1) is 0 Å². The summed E-state index contributed by atoms with van der Waals surface area (Å²) >= 11 is 0. The second kappa shape index (κ2) is 22.0. The molecule has 8 rings (SSSR count). The molecular weight excluding hydrogens is 765 g/mol. The SMILES string of the molecule is C=COCCN(/N=C/c1ccc(N(c2ccccc2)c2ccccc2)cc1)c1ccccc1.C=COCCN(/N=C/c1ccc2c(c1)c1ccccc1n2CC)c1ccccc1. The molecule has 0 fully saturated rings. The van der Waals surface area contributed by atoms with Crippen LogP contribution in [0.1, 0.15) is 18.1 Å². The zero-order valence-electron chi connectivity index (χ0n) is 35.2. The normalized spacial score (nSPS) is 11.0. The Labute approximate surface area is 365 Å². The molecule has 8 nitrogen and oxygen atoms in total. The maximum atomic E-state index is 5.31. The van der Waals surface area contributed by atoms with Crippen LogP contribution in [0.25, 0.3) is 21.8 Å². The number of fused-ring (bicyclic) bond motifs is 3. The Hall–Kier alpha value is -7.84. The van der Waals surface area contributed by atoms with Crippen molar-refractivity contribution in [1.82, 2.24) is 4.57 Å². The smallest absolute Gasteiger partial charge is 0.107 e. The maximum absolute atomic E-state index is 5.31. The topological polar surface area (TPSA) is 57.8 Å². The van der Waals surface area contributed by atoms with Crippen molar-refractivity contribution >= 4 is 62.7 Å². The van der Waals surface area contributed by atoms with E-state index in [9.17, 15) is 0 Å². The first-order chi connectivity index (χ1) is 30.7. The van der Waals surface area contributed by atoms with Gasteiger partial charge < -0.3 is 18.9 Å². The molecule has 8 heteroatoms. The van der Waals surface area contributed by atoms with Gasteiger partial charge in [-0.1, -0.05) is 122 Å². The highest BCUT2D eigenvalue weighted by Crippen LogP contribution is 2.34. The lowest BCUT2D eigenvalue weighted by Crippen LogP contribution is -2.21. The molecule has 0 aliphatic carbocycles. The van der Waals surface area contributed by atoms with Crippen LogP contribution in [0.2, 0.25) is 0 Å². The highest BCUT2D eigenvalue weighted by atomic mass is 16.5. The fraction of sp³-hybridized carbons (Fsp3) is 0.111. The third-order valence-electron chi connectivity index (χ3n) is 10.2. The van der Waals surface area contributed by atoms with Crippen LogP contribution in [0.4, 0.5) is 28.4 Å². The lowest BCUT2D eigenvalue weighted by molar-refractivity contribution is 0.258. The molecule has 0 aliphatic heterocycles. The Balaban J connectivity index is 0.000000188. The summed E-state index contributed by atoms with van der Waals surface area (Å²) in [7, 11) is 0. The largest absolute Gasteiger partial charge is 0.500 e. The number of ether oxygens (including phenoxy) is 2. The van der Waals surface area contributed by atoms with Gasteiger partial charge in [0, 0.05) is 45.4 Å². The van der Waals surface area contributed by atoms with Gasteiger partial charge in [-0.2, -0.15) is 10.2 Å². The van der Waals surface area contributed by atoms with E-state index in [2.05, 4.69) is 145 Å². The van der Waals surface area contributed by atoms with Crippen LogP contribution in [0, 0.1) is 0 Å². The summed E-state index contributed by atoms with van der Waals surface area (Å²) in [6, 6.07) is 64.4. The molecule has 0 radical (unpaired) electrons. The predicted molar refractivity (Wildman–Crippen MR) is 261 cm³/mol. The summed E-state index contributed by atoms with van der Waals surface area (Å²) in [4.78, 5) is 2.24. The van der Waals surface area contributed by atoms with E-state index in [0.29, 0.717) is 26.3 Å². The molecule has 0 spiro atoms. The number of hydrazone groups is 2. The van der Waals surface area contributed by atoms with Crippen molar-refractivity contribution in [3.8, 4) is 0 Å². The van der Waals surface area contributed by atoms with Crippen molar-refractivity contribution in [1.29, 1.82) is 0 Å². The molecule has 0 aliphatic rings. The minimum absolute atomic E-state index is 0.512. The monoisotopic (exact) mass is 816 g/mol. The zero-order valence-corrected chi connectivity index (χ0v) is 35.2. The van der Waals surface area contributed by atoms with E-state index in [1.54, 1.807) is 0 Å². The van der Waals surface area contributed by atoms with E-state index >= 15 is 0 Å². The molecule has 310 valence electrons. The third kappa shape index (κ3) is 10.9. The number of benzene rings is 7. The molecule has 0 saturated carbocycles. The Morgan fingerprint density at radius 2 is 0.887 bits per heavy atom. The van der Waals surface area contributed by atoms with Gasteiger partial charge >= 0.3 is 0 Å². The number of hydrogen-bond acceptors (Lipinski definition) is 7. The molecule has 1 aromatic heterocycles. The first-order valence-corrected chi connectivity index (χ1v) is 20.9. The first kappa shape index (κ1) is 42.3. The van der Waals surface area contributed by atoms with Crippen LogP contribution in [0.15, 0.2) is 224 Å². The van der Waals surface area contributed by atoms with Crippen LogP contribution in [-0.4, -0.2) is 43.3 Å². The second-order valence-electron chi connectivity index (χ2n) is 14.1. The number of aryl methyl sites for hydroxylation is 1. The number of aromatic nitrogens is 1. The highest BCUT2D eigenvalue weighted by Gasteiger charge is 2.13. The predicted octanol–water partition coefficient (Wildman–Crippen LogP) is 13.0. The molecule has 0 unspecified atom stereocenters. The molecule has 0 amide bonds. The van der Waals surface area contributed by atoms with Crippen LogP contribution >= 0.6 is 0 Å². The van der Waals surface area contributed by atoms with Gasteiger partial charge in [0.25, 0.3) is 0 Å². The highest BCUT2D eigenvalue weighted by molar-refractivity contribution is 6.09. The van der Waals surface area contributed by atoms with Crippen molar-refractivity contribution < 1.29 is 9.47 Å². The Bertz CT molecular complexity index is 2620. The minimum Gasteiger partial charge on any atom is -0.500 e. The van der Waals surface area contributed by atoms with Gasteiger partial charge in [0.05, 0.1) is 49.4 Å². The average Bonchev–Trinajstić information content (AvgIpc) is 3.66. The fourth-order valence-corrected chi connectivity index (χ4v) is 7.23. The van der Waals surface area contributed by atoms with Crippen LogP contribution in [-0.2, 0) is 16.0 Å².